The number of carboxylic acid groups (broad SMARTS) is 1. The van der Waals surface area contributed by atoms with Crippen LogP contribution in [0, 0.1) is 0 Å². The second-order valence-corrected chi connectivity index (χ2v) is 10.3. The Morgan fingerprint density at radius 2 is 2.24 bits per heavy atom. The molecule has 2 atom stereocenters. The highest BCUT2D eigenvalue weighted by Gasteiger charge is 2.54. The molecule has 17 heteroatoms. The number of nitrogens with one attached hydrogen (secondary N) is 1. The van der Waals surface area contributed by atoms with Crippen LogP contribution >= 0.6 is 34.9 Å². The second kappa shape index (κ2) is 10.2. The van der Waals surface area contributed by atoms with Gasteiger partial charge in [0.05, 0.1) is 0 Å². The first-order chi connectivity index (χ1) is 17.9. The topological polar surface area (TPSA) is 190 Å². The fourth-order valence-corrected chi connectivity index (χ4v) is 6.14. The van der Waals surface area contributed by atoms with Gasteiger partial charge in [-0.1, -0.05) is 16.9 Å². The van der Waals surface area contributed by atoms with Gasteiger partial charge in [0, 0.05) is 17.3 Å². The highest BCUT2D eigenvalue weighted by Crippen LogP contribution is 2.41. The number of amides is 2. The zero-order valence-corrected chi connectivity index (χ0v) is 21.3. The lowest BCUT2D eigenvalue weighted by Gasteiger charge is -2.49. The lowest BCUT2D eigenvalue weighted by atomic mass is 10.0. The maximum Gasteiger partial charge on any atom is 0.352 e. The number of carbonyl (C=O) groups is 3. The van der Waals surface area contributed by atoms with Crippen molar-refractivity contribution < 1.29 is 24.3 Å². The van der Waals surface area contributed by atoms with Gasteiger partial charge in [-0.3, -0.25) is 14.5 Å². The fourth-order valence-electron chi connectivity index (χ4n) is 3.62. The van der Waals surface area contributed by atoms with E-state index in [1.165, 1.54) is 46.4 Å². The summed E-state index contributed by atoms with van der Waals surface area (Å²) in [6.07, 6.45) is 4.75. The summed E-state index contributed by atoms with van der Waals surface area (Å²) in [5.74, 6) is -1.72. The number of rotatable bonds is 8. The fraction of sp³-hybridized carbons (Fsp3) is 0.200. The van der Waals surface area contributed by atoms with Crippen LogP contribution in [-0.2, 0) is 19.2 Å². The first kappa shape index (κ1) is 24.7. The minimum absolute atomic E-state index is 0.130. The molecule has 3 aromatic rings. The summed E-state index contributed by atoms with van der Waals surface area (Å²) in [5.41, 5.74) is 6.03. The number of carboxylic acids is 1. The number of anilines is 1. The molecule has 190 valence electrons. The first-order valence-electron chi connectivity index (χ1n) is 10.4. The number of carbonyl (C=O) groups excluding carboxylic acids is 2. The molecule has 0 saturated carbocycles. The molecule has 0 unspecified atom stereocenters. The zero-order valence-electron chi connectivity index (χ0n) is 18.8. The molecule has 0 radical (unpaired) electrons. The molecule has 1 saturated heterocycles. The third kappa shape index (κ3) is 4.75. The van der Waals surface area contributed by atoms with Crippen LogP contribution in [0.4, 0.5) is 5.13 Å². The molecule has 3 aromatic heterocycles. The van der Waals surface area contributed by atoms with Crippen LogP contribution in [0.5, 0.6) is 0 Å². The van der Waals surface area contributed by atoms with Crippen LogP contribution in [0.25, 0.3) is 5.78 Å². The van der Waals surface area contributed by atoms with E-state index in [4.69, 9.17) is 10.6 Å². The van der Waals surface area contributed by atoms with Crippen molar-refractivity contribution in [3.8, 4) is 0 Å². The van der Waals surface area contributed by atoms with Crippen LogP contribution in [0.2, 0.25) is 0 Å². The van der Waals surface area contributed by atoms with Crippen LogP contribution in [0.1, 0.15) is 5.69 Å². The van der Waals surface area contributed by atoms with Crippen molar-refractivity contribution in [3.05, 3.63) is 52.4 Å². The molecule has 0 bridgehead atoms. The van der Waals surface area contributed by atoms with Crippen molar-refractivity contribution in [2.24, 2.45) is 5.16 Å². The van der Waals surface area contributed by atoms with Crippen molar-refractivity contribution >= 4 is 69.3 Å². The SMILES string of the molecule is CON=C(C(=O)N[C@@H]1C(=O)N2C(C(=O)O)=C(/C=C/Sc3ccn4ncnc4n3)CS[C@H]12)c1csc(N)n1. The number of aromatic nitrogens is 5. The van der Waals surface area contributed by atoms with Gasteiger partial charge in [-0.25, -0.2) is 19.3 Å². The lowest BCUT2D eigenvalue weighted by Crippen LogP contribution is -2.71. The van der Waals surface area contributed by atoms with Crippen LogP contribution in [0.3, 0.4) is 0 Å². The Balaban J connectivity index is 1.30. The zero-order chi connectivity index (χ0) is 26.1. The number of β-lactam (4-membered cyclic amide) rings is 1. The monoisotopic (exact) mass is 559 g/mol. The van der Waals surface area contributed by atoms with Crippen molar-refractivity contribution in [2.75, 3.05) is 18.6 Å². The molecule has 2 aliphatic rings. The van der Waals surface area contributed by atoms with Crippen molar-refractivity contribution in [2.45, 2.75) is 16.4 Å². The molecule has 5 rings (SSSR count). The summed E-state index contributed by atoms with van der Waals surface area (Å²) >= 11 is 3.74. The molecule has 0 spiro atoms. The highest BCUT2D eigenvalue weighted by molar-refractivity contribution is 8.02. The maximum atomic E-state index is 12.9. The number of nitrogen functional groups attached to an aromatic ring is 1. The second-order valence-electron chi connectivity index (χ2n) is 7.42. The Labute approximate surface area is 220 Å². The molecule has 4 N–H and O–H groups in total. The Kier molecular flexibility index (Phi) is 6.81. The summed E-state index contributed by atoms with van der Waals surface area (Å²) in [4.78, 5) is 56.2. The van der Waals surface area contributed by atoms with E-state index < -0.39 is 29.2 Å². The van der Waals surface area contributed by atoms with Gasteiger partial charge < -0.3 is 21.0 Å². The maximum absolute atomic E-state index is 12.9. The summed E-state index contributed by atoms with van der Waals surface area (Å²) < 4.78 is 1.53. The van der Waals surface area contributed by atoms with Gasteiger partial charge in [-0.15, -0.1) is 23.1 Å². The van der Waals surface area contributed by atoms with Crippen molar-refractivity contribution in [3.63, 3.8) is 0 Å². The van der Waals surface area contributed by atoms with E-state index in [1.807, 2.05) is 0 Å². The van der Waals surface area contributed by atoms with Crippen LogP contribution in [0.15, 0.2) is 56.9 Å². The number of aliphatic carboxylic acids is 1. The van der Waals surface area contributed by atoms with Gasteiger partial charge in [0.1, 0.15) is 41.3 Å². The number of hydrogen-bond acceptors (Lipinski definition) is 13. The minimum atomic E-state index is -1.24. The average Bonchev–Trinajstić information content (AvgIpc) is 3.53. The smallest absolute Gasteiger partial charge is 0.352 e. The van der Waals surface area contributed by atoms with Gasteiger partial charge in [-0.05, 0) is 23.1 Å². The van der Waals surface area contributed by atoms with E-state index >= 15 is 0 Å². The van der Waals surface area contributed by atoms with E-state index in [0.29, 0.717) is 22.1 Å². The van der Waals surface area contributed by atoms with E-state index in [0.717, 1.165) is 11.3 Å². The normalized spacial score (nSPS) is 19.8. The van der Waals surface area contributed by atoms with E-state index in [2.05, 4.69) is 30.5 Å². The molecule has 1 fully saturated rings. The third-order valence-electron chi connectivity index (χ3n) is 5.23. The molecule has 2 amide bonds. The lowest BCUT2D eigenvalue weighted by molar-refractivity contribution is -0.150. The van der Waals surface area contributed by atoms with E-state index in [1.54, 1.807) is 29.1 Å². The van der Waals surface area contributed by atoms with Crippen molar-refractivity contribution in [1.82, 2.24) is 34.8 Å². The summed E-state index contributed by atoms with van der Waals surface area (Å²) in [6, 6.07) is 0.811. The van der Waals surface area contributed by atoms with Crippen LogP contribution in [-0.4, -0.2) is 82.3 Å². The third-order valence-corrected chi connectivity index (χ3v) is 7.95. The van der Waals surface area contributed by atoms with Gasteiger partial charge in [0.2, 0.25) is 0 Å². The van der Waals surface area contributed by atoms with Gasteiger partial charge >= 0.3 is 5.97 Å². The highest BCUT2D eigenvalue weighted by atomic mass is 32.2. The number of hydrogen-bond donors (Lipinski definition) is 3. The Hall–Kier alpha value is -3.96. The molecule has 37 heavy (non-hydrogen) atoms. The van der Waals surface area contributed by atoms with Gasteiger partial charge in [0.25, 0.3) is 17.6 Å². The summed E-state index contributed by atoms with van der Waals surface area (Å²) in [6.45, 7) is 0. The molecule has 5 heterocycles. The number of thioether (sulfide) groups is 2. The molecule has 2 aliphatic heterocycles. The van der Waals surface area contributed by atoms with Crippen LogP contribution < -0.4 is 11.1 Å². The van der Waals surface area contributed by atoms with Gasteiger partial charge in [0.15, 0.2) is 10.8 Å². The largest absolute Gasteiger partial charge is 0.477 e. The molecule has 14 nitrogen and oxygen atoms in total. The number of nitrogens with zero attached hydrogens (tertiary/aromatic N) is 7. The predicted octanol–water partition coefficient (Wildman–Crippen LogP) is 0.558. The summed E-state index contributed by atoms with van der Waals surface area (Å²) in [7, 11) is 1.27. The number of thiazole rings is 1. The first-order valence-corrected chi connectivity index (χ1v) is 13.2. The molecular formula is C20H17N9O5S3. The Morgan fingerprint density at radius 1 is 1.41 bits per heavy atom. The van der Waals surface area contributed by atoms with E-state index in [-0.39, 0.29) is 22.2 Å². The molecule has 0 aliphatic carbocycles. The number of oxime groups is 1. The number of nitrogens with two attached hydrogens (primary N) is 1. The summed E-state index contributed by atoms with van der Waals surface area (Å²) in [5, 5.41) is 23.7. The van der Waals surface area contributed by atoms with Gasteiger partial charge in [-0.2, -0.15) is 10.1 Å². The minimum Gasteiger partial charge on any atom is -0.477 e. The number of allylic oxidation sites excluding steroid dienone is 1. The predicted molar refractivity (Wildman–Crippen MR) is 136 cm³/mol. The van der Waals surface area contributed by atoms with Crippen molar-refractivity contribution in [1.29, 1.82) is 0 Å². The van der Waals surface area contributed by atoms with E-state index in [9.17, 15) is 19.5 Å². The standard InChI is InChI=1S/C20H17N9O5S3/c1-34-27-12(10-7-37-19(21)24-10)15(30)26-13-16(31)29-14(18(32)33)9(6-36-17(13)29)3-5-35-11-2-4-28-20(25-11)22-8-23-28/h2-5,7-8,13,17H,6H2,1H3,(H2,21,24)(H,26,30)(H,32,33)/b5-3+,27-12?/t13-,17-/m1/s1. The molecular weight excluding hydrogens is 542 g/mol. The number of fused-ring (bicyclic) bond motifs is 2. The Morgan fingerprint density at radius 3 is 2.97 bits per heavy atom. The quantitative estimate of drug-likeness (QED) is 0.114. The molecule has 0 aromatic carbocycles. The Bertz CT molecular complexity index is 1500. The average molecular weight is 560 g/mol.